The third-order valence-corrected chi connectivity index (χ3v) is 4.04. The summed E-state index contributed by atoms with van der Waals surface area (Å²) >= 11 is 3.49. The maximum Gasteiger partial charge on any atom is 0.0648 e. The number of nitrogens with zero attached hydrogens (tertiary/aromatic N) is 2. The van der Waals surface area contributed by atoms with Crippen LogP contribution in [0.25, 0.3) is 0 Å². The summed E-state index contributed by atoms with van der Waals surface area (Å²) in [6.07, 6.45) is 2.08. The molecule has 2 rings (SSSR count). The fraction of sp³-hybridized carbons (Fsp3) is 0.412. The van der Waals surface area contributed by atoms with Crippen molar-refractivity contribution in [1.29, 1.82) is 0 Å². The fourth-order valence-corrected chi connectivity index (χ4v) is 2.65. The first kappa shape index (κ1) is 16.1. The average molecular weight is 348 g/mol. The SMILES string of the molecule is CCCNC(Cc1ccc(Br)cc1)c1cc(C)nnc1C. The molecule has 0 aliphatic carbocycles. The maximum absolute atomic E-state index is 4.27. The van der Waals surface area contributed by atoms with E-state index in [0.717, 1.165) is 35.2 Å². The lowest BCUT2D eigenvalue weighted by Crippen LogP contribution is -2.25. The quantitative estimate of drug-likeness (QED) is 0.853. The topological polar surface area (TPSA) is 37.8 Å². The number of aryl methyl sites for hydroxylation is 2. The van der Waals surface area contributed by atoms with Crippen molar-refractivity contribution < 1.29 is 0 Å². The van der Waals surface area contributed by atoms with E-state index >= 15 is 0 Å². The second-order valence-electron chi connectivity index (χ2n) is 5.36. The van der Waals surface area contributed by atoms with Crippen molar-refractivity contribution in [3.8, 4) is 0 Å². The van der Waals surface area contributed by atoms with Crippen LogP contribution in [0.4, 0.5) is 0 Å². The fourth-order valence-electron chi connectivity index (χ4n) is 2.39. The molecule has 1 aromatic carbocycles. The number of hydrogen-bond acceptors (Lipinski definition) is 3. The highest BCUT2D eigenvalue weighted by Gasteiger charge is 2.15. The molecule has 1 N–H and O–H groups in total. The van der Waals surface area contributed by atoms with Crippen LogP contribution >= 0.6 is 15.9 Å². The van der Waals surface area contributed by atoms with Crippen molar-refractivity contribution in [3.05, 3.63) is 57.3 Å². The first-order valence-electron chi connectivity index (χ1n) is 7.38. The average Bonchev–Trinajstić information content (AvgIpc) is 2.48. The van der Waals surface area contributed by atoms with Crippen molar-refractivity contribution in [2.75, 3.05) is 6.54 Å². The summed E-state index contributed by atoms with van der Waals surface area (Å²) in [6.45, 7) is 7.21. The molecule has 3 nitrogen and oxygen atoms in total. The van der Waals surface area contributed by atoms with E-state index in [9.17, 15) is 0 Å². The third kappa shape index (κ3) is 4.61. The molecule has 0 amide bonds. The minimum absolute atomic E-state index is 0.278. The molecule has 0 fully saturated rings. The van der Waals surface area contributed by atoms with Crippen LogP contribution < -0.4 is 5.32 Å². The third-order valence-electron chi connectivity index (χ3n) is 3.51. The molecule has 1 aromatic heterocycles. The smallest absolute Gasteiger partial charge is 0.0648 e. The van der Waals surface area contributed by atoms with Crippen molar-refractivity contribution >= 4 is 15.9 Å². The highest BCUT2D eigenvalue weighted by Crippen LogP contribution is 2.22. The van der Waals surface area contributed by atoms with Gasteiger partial charge in [-0.25, -0.2) is 0 Å². The van der Waals surface area contributed by atoms with Crippen LogP contribution in [0.3, 0.4) is 0 Å². The largest absolute Gasteiger partial charge is 0.310 e. The zero-order valence-corrected chi connectivity index (χ0v) is 14.4. The zero-order valence-electron chi connectivity index (χ0n) is 12.9. The van der Waals surface area contributed by atoms with Crippen LogP contribution in [0.15, 0.2) is 34.8 Å². The summed E-state index contributed by atoms with van der Waals surface area (Å²) < 4.78 is 1.11. The van der Waals surface area contributed by atoms with Gasteiger partial charge in [0.1, 0.15) is 0 Å². The number of aromatic nitrogens is 2. The van der Waals surface area contributed by atoms with Crippen LogP contribution in [-0.2, 0) is 6.42 Å². The van der Waals surface area contributed by atoms with Crippen molar-refractivity contribution in [1.82, 2.24) is 15.5 Å². The summed E-state index contributed by atoms with van der Waals surface area (Å²) in [4.78, 5) is 0. The molecule has 0 saturated carbocycles. The van der Waals surface area contributed by atoms with Crippen molar-refractivity contribution in [2.24, 2.45) is 0 Å². The van der Waals surface area contributed by atoms with E-state index in [1.807, 2.05) is 13.8 Å². The van der Waals surface area contributed by atoms with E-state index in [0.29, 0.717) is 0 Å². The minimum Gasteiger partial charge on any atom is -0.310 e. The van der Waals surface area contributed by atoms with Gasteiger partial charge in [0.15, 0.2) is 0 Å². The van der Waals surface area contributed by atoms with Gasteiger partial charge in [0.25, 0.3) is 0 Å². The monoisotopic (exact) mass is 347 g/mol. The first-order valence-corrected chi connectivity index (χ1v) is 8.18. The second kappa shape index (κ2) is 7.66. The Morgan fingerprint density at radius 2 is 1.86 bits per heavy atom. The van der Waals surface area contributed by atoms with Crippen LogP contribution in [0.2, 0.25) is 0 Å². The summed E-state index contributed by atoms with van der Waals surface area (Å²) in [6, 6.07) is 10.9. The predicted molar refractivity (Wildman–Crippen MR) is 90.4 cm³/mol. The molecular weight excluding hydrogens is 326 g/mol. The van der Waals surface area contributed by atoms with Gasteiger partial charge < -0.3 is 5.32 Å². The number of benzene rings is 1. The highest BCUT2D eigenvalue weighted by atomic mass is 79.9. The lowest BCUT2D eigenvalue weighted by Gasteiger charge is -2.21. The van der Waals surface area contributed by atoms with E-state index < -0.39 is 0 Å². The predicted octanol–water partition coefficient (Wildman–Crippen LogP) is 4.14. The van der Waals surface area contributed by atoms with Gasteiger partial charge in [-0.15, -0.1) is 0 Å². The molecule has 4 heteroatoms. The van der Waals surface area contributed by atoms with Crippen LogP contribution in [0.1, 0.15) is 41.9 Å². The highest BCUT2D eigenvalue weighted by molar-refractivity contribution is 9.10. The molecule has 1 atom stereocenters. The summed E-state index contributed by atoms with van der Waals surface area (Å²) in [5.74, 6) is 0. The Balaban J connectivity index is 2.25. The van der Waals surface area contributed by atoms with E-state index in [1.165, 1.54) is 11.1 Å². The van der Waals surface area contributed by atoms with Crippen molar-refractivity contribution in [3.63, 3.8) is 0 Å². The van der Waals surface area contributed by atoms with Gasteiger partial charge >= 0.3 is 0 Å². The Morgan fingerprint density at radius 1 is 1.14 bits per heavy atom. The lowest BCUT2D eigenvalue weighted by atomic mass is 9.97. The molecule has 1 heterocycles. The molecule has 0 radical (unpaired) electrons. The summed E-state index contributed by atoms with van der Waals surface area (Å²) in [7, 11) is 0. The second-order valence-corrected chi connectivity index (χ2v) is 6.28. The first-order chi connectivity index (χ1) is 10.1. The number of rotatable bonds is 6. The molecular formula is C17H22BrN3. The van der Waals surface area contributed by atoms with E-state index in [4.69, 9.17) is 0 Å². The van der Waals surface area contributed by atoms with Gasteiger partial charge in [-0.2, -0.15) is 10.2 Å². The molecule has 0 bridgehead atoms. The van der Waals surface area contributed by atoms with Crippen molar-refractivity contribution in [2.45, 2.75) is 39.7 Å². The normalized spacial score (nSPS) is 12.4. The standard InChI is InChI=1S/C17H22BrN3/c1-4-9-19-17(11-14-5-7-15(18)8-6-14)16-10-12(2)20-21-13(16)3/h5-8,10,17,19H,4,9,11H2,1-3H3. The van der Waals surface area contributed by atoms with Gasteiger partial charge in [0.05, 0.1) is 11.4 Å². The molecule has 21 heavy (non-hydrogen) atoms. The number of hydrogen-bond donors (Lipinski definition) is 1. The molecule has 2 aromatic rings. The Bertz CT molecular complexity index is 581. The molecule has 112 valence electrons. The Hall–Kier alpha value is -1.26. The van der Waals surface area contributed by atoms with Gasteiger partial charge in [0, 0.05) is 10.5 Å². The van der Waals surface area contributed by atoms with Crippen LogP contribution in [0.5, 0.6) is 0 Å². The molecule has 1 unspecified atom stereocenters. The van der Waals surface area contributed by atoms with E-state index in [-0.39, 0.29) is 6.04 Å². The van der Waals surface area contributed by atoms with Gasteiger partial charge in [-0.3, -0.25) is 0 Å². The van der Waals surface area contributed by atoms with Gasteiger partial charge in [0.2, 0.25) is 0 Å². The summed E-state index contributed by atoms with van der Waals surface area (Å²) in [5, 5.41) is 12.0. The Kier molecular flexibility index (Phi) is 5.88. The molecule has 0 saturated heterocycles. The summed E-state index contributed by atoms with van der Waals surface area (Å²) in [5.41, 5.74) is 4.54. The van der Waals surface area contributed by atoms with Crippen LogP contribution in [-0.4, -0.2) is 16.7 Å². The van der Waals surface area contributed by atoms with Gasteiger partial charge in [-0.05, 0) is 62.6 Å². The van der Waals surface area contributed by atoms with E-state index in [2.05, 4.69) is 68.7 Å². The Morgan fingerprint density at radius 3 is 2.52 bits per heavy atom. The molecule has 0 spiro atoms. The minimum atomic E-state index is 0.278. The number of nitrogens with one attached hydrogen (secondary N) is 1. The van der Waals surface area contributed by atoms with E-state index in [1.54, 1.807) is 0 Å². The van der Waals surface area contributed by atoms with Gasteiger partial charge in [-0.1, -0.05) is 35.0 Å². The molecule has 0 aliphatic heterocycles. The molecule has 0 aliphatic rings. The Labute approximate surface area is 135 Å². The lowest BCUT2D eigenvalue weighted by molar-refractivity contribution is 0.523. The van der Waals surface area contributed by atoms with Crippen LogP contribution in [0, 0.1) is 13.8 Å². The maximum atomic E-state index is 4.27. The number of halogens is 1. The zero-order chi connectivity index (χ0) is 15.2.